The third kappa shape index (κ3) is 5.85. The Morgan fingerprint density at radius 1 is 1.02 bits per heavy atom. The van der Waals surface area contributed by atoms with E-state index in [1.165, 1.54) is 18.7 Å². The van der Waals surface area contributed by atoms with E-state index in [1.54, 1.807) is 30.3 Å². The van der Waals surface area contributed by atoms with Gasteiger partial charge in [-0.05, 0) is 101 Å². The molecule has 1 heterocycles. The summed E-state index contributed by atoms with van der Waals surface area (Å²) in [4.78, 5) is 13.9. The Balaban J connectivity index is 1.61. The molecule has 1 fully saturated rings. The minimum atomic E-state index is -2.66. The molecule has 0 amide bonds. The van der Waals surface area contributed by atoms with Crippen molar-refractivity contribution in [2.45, 2.75) is 32.1 Å². The Kier molecular flexibility index (Phi) is 8.40. The molecule has 7 heteroatoms. The lowest BCUT2D eigenvalue weighted by atomic mass is 9.85. The predicted molar refractivity (Wildman–Crippen MR) is 152 cm³/mol. The number of alkyl halides is 3. The van der Waals surface area contributed by atoms with Crippen LogP contribution in [0.1, 0.15) is 69.4 Å². The van der Waals surface area contributed by atoms with E-state index in [0.717, 1.165) is 53.0 Å². The number of ether oxygens (including phenoxy) is 1. The van der Waals surface area contributed by atoms with Crippen LogP contribution in [-0.4, -0.2) is 49.4 Å². The molecule has 0 atom stereocenters. The SMILES string of the molecule is COc1ccc(C(F)F)c(C2=C(c3ccc(C=C4CN(CCCF)C4)cc3)c3ccc(C(=O)O)cc3CCC2)c1. The van der Waals surface area contributed by atoms with Crippen molar-refractivity contribution in [3.63, 3.8) is 0 Å². The normalized spacial score (nSPS) is 15.5. The molecule has 4 nitrogen and oxygen atoms in total. The van der Waals surface area contributed by atoms with E-state index in [1.807, 2.05) is 24.3 Å². The van der Waals surface area contributed by atoms with Gasteiger partial charge in [0.2, 0.25) is 0 Å². The number of aromatic carboxylic acids is 1. The van der Waals surface area contributed by atoms with Crippen LogP contribution in [0.5, 0.6) is 5.75 Å². The molecule has 1 N–H and O–H groups in total. The molecule has 0 spiro atoms. The van der Waals surface area contributed by atoms with Crippen molar-refractivity contribution >= 4 is 23.2 Å². The number of benzene rings is 3. The van der Waals surface area contributed by atoms with Gasteiger partial charge in [0.1, 0.15) is 5.75 Å². The summed E-state index contributed by atoms with van der Waals surface area (Å²) in [6.45, 7) is 2.13. The number of methoxy groups -OCH3 is 1. The summed E-state index contributed by atoms with van der Waals surface area (Å²) in [5.74, 6) is -0.498. The van der Waals surface area contributed by atoms with E-state index in [9.17, 15) is 23.1 Å². The van der Waals surface area contributed by atoms with E-state index < -0.39 is 12.4 Å². The molecular weight excluding hydrogens is 515 g/mol. The Bertz CT molecular complexity index is 1450. The molecule has 0 aromatic heterocycles. The van der Waals surface area contributed by atoms with Crippen LogP contribution in [-0.2, 0) is 6.42 Å². The zero-order valence-electron chi connectivity index (χ0n) is 22.4. The molecule has 40 heavy (non-hydrogen) atoms. The van der Waals surface area contributed by atoms with Crippen molar-refractivity contribution in [1.82, 2.24) is 4.90 Å². The van der Waals surface area contributed by atoms with Gasteiger partial charge < -0.3 is 9.84 Å². The molecule has 3 aromatic carbocycles. The van der Waals surface area contributed by atoms with Gasteiger partial charge in [0.05, 0.1) is 19.3 Å². The summed E-state index contributed by atoms with van der Waals surface area (Å²) in [5.41, 5.74) is 7.18. The summed E-state index contributed by atoms with van der Waals surface area (Å²) in [6, 6.07) is 17.8. The zero-order valence-corrected chi connectivity index (χ0v) is 22.4. The lowest BCUT2D eigenvalue weighted by molar-refractivity contribution is 0.0696. The fraction of sp³-hybridized carbons (Fsp3) is 0.303. The van der Waals surface area contributed by atoms with E-state index in [4.69, 9.17) is 4.74 Å². The molecule has 2 aliphatic rings. The summed E-state index contributed by atoms with van der Waals surface area (Å²) in [6.07, 6.45) is 1.92. The van der Waals surface area contributed by atoms with Crippen molar-refractivity contribution in [3.8, 4) is 5.75 Å². The molecule has 208 valence electrons. The number of rotatable bonds is 9. The number of carbonyl (C=O) groups is 1. The second kappa shape index (κ2) is 12.1. The van der Waals surface area contributed by atoms with E-state index in [-0.39, 0.29) is 17.8 Å². The van der Waals surface area contributed by atoms with Gasteiger partial charge in [0.15, 0.2) is 0 Å². The minimum Gasteiger partial charge on any atom is -0.497 e. The van der Waals surface area contributed by atoms with Gasteiger partial charge in [0.25, 0.3) is 6.43 Å². The topological polar surface area (TPSA) is 49.8 Å². The summed E-state index contributed by atoms with van der Waals surface area (Å²) < 4.78 is 46.3. The first-order chi connectivity index (χ1) is 19.4. The first-order valence-corrected chi connectivity index (χ1v) is 13.5. The Morgan fingerprint density at radius 2 is 1.80 bits per heavy atom. The first kappa shape index (κ1) is 27.7. The maximum atomic E-state index is 14.2. The number of carboxylic acids is 1. The molecule has 0 bridgehead atoms. The number of likely N-dealkylation sites (tertiary alicyclic amines) is 1. The van der Waals surface area contributed by atoms with Gasteiger partial charge in [-0.1, -0.05) is 36.4 Å². The van der Waals surface area contributed by atoms with Gasteiger partial charge in [-0.15, -0.1) is 0 Å². The number of hydrogen-bond donors (Lipinski definition) is 1. The number of hydrogen-bond acceptors (Lipinski definition) is 3. The van der Waals surface area contributed by atoms with Crippen molar-refractivity contribution in [1.29, 1.82) is 0 Å². The Morgan fingerprint density at radius 3 is 2.48 bits per heavy atom. The largest absolute Gasteiger partial charge is 0.497 e. The first-order valence-electron chi connectivity index (χ1n) is 13.5. The smallest absolute Gasteiger partial charge is 0.335 e. The third-order valence-corrected chi connectivity index (χ3v) is 7.65. The van der Waals surface area contributed by atoms with E-state index in [2.05, 4.69) is 11.0 Å². The monoisotopic (exact) mass is 547 g/mol. The summed E-state index contributed by atoms with van der Waals surface area (Å²) >= 11 is 0. The van der Waals surface area contributed by atoms with Gasteiger partial charge >= 0.3 is 5.97 Å². The number of nitrogens with zero attached hydrogens (tertiary/aromatic N) is 1. The fourth-order valence-electron chi connectivity index (χ4n) is 5.68. The van der Waals surface area contributed by atoms with Crippen LogP contribution < -0.4 is 4.74 Å². The number of aryl methyl sites for hydroxylation is 1. The highest BCUT2D eigenvalue weighted by molar-refractivity contribution is 6.01. The maximum absolute atomic E-state index is 14.2. The molecule has 3 aromatic rings. The standard InChI is InChI=1S/C33H32F3NO3/c1-40-26-11-13-29(32(35)36)30(18-26)28-5-2-4-24-17-25(33(38)39)10-12-27(24)31(28)23-8-6-21(7-9-23)16-22-19-37(20-22)15-3-14-34/h6-13,16-18,32H,2-5,14-15,19-20H2,1H3,(H,38,39). The van der Waals surface area contributed by atoms with E-state index in [0.29, 0.717) is 37.0 Å². The number of halogens is 3. The molecule has 5 rings (SSSR count). The van der Waals surface area contributed by atoms with E-state index >= 15 is 0 Å². The molecule has 1 aliphatic carbocycles. The van der Waals surface area contributed by atoms with Crippen LogP contribution in [0.2, 0.25) is 0 Å². The molecule has 0 unspecified atom stereocenters. The van der Waals surface area contributed by atoms with Crippen LogP contribution in [0.25, 0.3) is 17.2 Å². The summed E-state index contributed by atoms with van der Waals surface area (Å²) in [7, 11) is 1.52. The highest BCUT2D eigenvalue weighted by Crippen LogP contribution is 2.43. The molecule has 0 saturated carbocycles. The third-order valence-electron chi connectivity index (χ3n) is 7.65. The van der Waals surface area contributed by atoms with Crippen LogP contribution in [0.3, 0.4) is 0 Å². The molecule has 1 saturated heterocycles. The lowest BCUT2D eigenvalue weighted by Gasteiger charge is -2.33. The van der Waals surface area contributed by atoms with Crippen molar-refractivity contribution in [2.75, 3.05) is 33.4 Å². The van der Waals surface area contributed by atoms with Gasteiger partial charge in [-0.3, -0.25) is 9.29 Å². The number of allylic oxidation sites excluding steroid dienone is 1. The van der Waals surface area contributed by atoms with Gasteiger partial charge in [-0.25, -0.2) is 13.6 Å². The molecule has 0 radical (unpaired) electrons. The molecule has 1 aliphatic heterocycles. The number of carboxylic acid groups (broad SMARTS) is 1. The van der Waals surface area contributed by atoms with Crippen molar-refractivity contribution in [2.24, 2.45) is 0 Å². The average Bonchev–Trinajstić information content (AvgIpc) is 3.13. The van der Waals surface area contributed by atoms with Crippen LogP contribution in [0.15, 0.2) is 66.2 Å². The van der Waals surface area contributed by atoms with Crippen molar-refractivity contribution < 1.29 is 27.8 Å². The quantitative estimate of drug-likeness (QED) is 0.299. The highest BCUT2D eigenvalue weighted by atomic mass is 19.3. The Hall–Kier alpha value is -3.84. The predicted octanol–water partition coefficient (Wildman–Crippen LogP) is 7.69. The Labute approximate surface area is 232 Å². The fourth-order valence-corrected chi connectivity index (χ4v) is 5.68. The highest BCUT2D eigenvalue weighted by Gasteiger charge is 2.25. The van der Waals surface area contributed by atoms with Gasteiger partial charge in [0, 0.05) is 25.2 Å². The average molecular weight is 548 g/mol. The van der Waals surface area contributed by atoms with Crippen LogP contribution >= 0.6 is 0 Å². The second-order valence-corrected chi connectivity index (χ2v) is 10.3. The van der Waals surface area contributed by atoms with Crippen LogP contribution in [0.4, 0.5) is 13.2 Å². The van der Waals surface area contributed by atoms with Crippen LogP contribution in [0, 0.1) is 0 Å². The number of fused-ring (bicyclic) bond motifs is 1. The summed E-state index contributed by atoms with van der Waals surface area (Å²) in [5, 5.41) is 9.58. The zero-order chi connectivity index (χ0) is 28.2. The molecular formula is C33H32F3NO3. The van der Waals surface area contributed by atoms with Crippen molar-refractivity contribution in [3.05, 3.63) is 105 Å². The minimum absolute atomic E-state index is 0.0532. The second-order valence-electron chi connectivity index (χ2n) is 10.3. The maximum Gasteiger partial charge on any atom is 0.335 e. The van der Waals surface area contributed by atoms with Gasteiger partial charge in [-0.2, -0.15) is 0 Å². The lowest BCUT2D eigenvalue weighted by Crippen LogP contribution is -2.40.